The van der Waals surface area contributed by atoms with E-state index in [1.54, 1.807) is 12.1 Å². The molecule has 1 saturated carbocycles. The highest BCUT2D eigenvalue weighted by Crippen LogP contribution is 2.50. The maximum Gasteiger partial charge on any atom is 0.306 e. The number of aliphatic carboxylic acids is 1. The van der Waals surface area contributed by atoms with E-state index in [-0.39, 0.29) is 35.0 Å². The van der Waals surface area contributed by atoms with Crippen LogP contribution in [0.25, 0.3) is 0 Å². The minimum Gasteiger partial charge on any atom is -0.481 e. The third-order valence-corrected chi connectivity index (χ3v) is 8.71. The molecule has 1 amide bonds. The number of nitrogens with zero attached hydrogens (tertiary/aromatic N) is 1. The molecular weight excluding hydrogens is 485 g/mol. The fourth-order valence-corrected chi connectivity index (χ4v) is 7.04. The zero-order chi connectivity index (χ0) is 23.2. The van der Waals surface area contributed by atoms with Gasteiger partial charge in [0.05, 0.1) is 5.92 Å². The Kier molecular flexibility index (Phi) is 6.06. The second-order valence-electron chi connectivity index (χ2n) is 9.99. The van der Waals surface area contributed by atoms with Gasteiger partial charge in [0.1, 0.15) is 5.82 Å². The molecular formula is C27H29BrFNO3. The third kappa shape index (κ3) is 4.11. The Morgan fingerprint density at radius 3 is 2.55 bits per heavy atom. The summed E-state index contributed by atoms with van der Waals surface area (Å²) >= 11 is 3.60. The van der Waals surface area contributed by atoms with Crippen LogP contribution in [0.15, 0.2) is 46.9 Å². The number of amides is 1. The van der Waals surface area contributed by atoms with E-state index in [0.29, 0.717) is 38.6 Å². The quantitative estimate of drug-likeness (QED) is 0.586. The van der Waals surface area contributed by atoms with E-state index in [1.807, 2.05) is 6.07 Å². The van der Waals surface area contributed by atoms with Crippen molar-refractivity contribution in [1.29, 1.82) is 0 Å². The van der Waals surface area contributed by atoms with Gasteiger partial charge in [0.25, 0.3) is 0 Å². The van der Waals surface area contributed by atoms with Crippen molar-refractivity contribution in [3.8, 4) is 0 Å². The number of fused-ring (bicyclic) bond motifs is 3. The number of hydrogen-bond acceptors (Lipinski definition) is 2. The van der Waals surface area contributed by atoms with Crippen LogP contribution in [-0.2, 0) is 27.8 Å². The van der Waals surface area contributed by atoms with E-state index in [4.69, 9.17) is 0 Å². The molecule has 0 aromatic heterocycles. The molecule has 2 aromatic rings. The number of benzene rings is 2. The van der Waals surface area contributed by atoms with Crippen LogP contribution in [0.4, 0.5) is 4.39 Å². The number of carbonyl (C=O) groups excluding carboxylic acids is 1. The van der Waals surface area contributed by atoms with Crippen molar-refractivity contribution in [3.63, 3.8) is 0 Å². The van der Waals surface area contributed by atoms with E-state index < -0.39 is 5.97 Å². The summed E-state index contributed by atoms with van der Waals surface area (Å²) in [5, 5.41) is 9.31. The largest absolute Gasteiger partial charge is 0.481 e. The van der Waals surface area contributed by atoms with Crippen LogP contribution in [0.2, 0.25) is 0 Å². The zero-order valence-electron chi connectivity index (χ0n) is 18.6. The van der Waals surface area contributed by atoms with Gasteiger partial charge in [-0.15, -0.1) is 0 Å². The lowest BCUT2D eigenvalue weighted by atomic mass is 9.64. The lowest BCUT2D eigenvalue weighted by molar-refractivity contribution is -0.146. The molecule has 4 nitrogen and oxygen atoms in total. The van der Waals surface area contributed by atoms with Crippen LogP contribution >= 0.6 is 15.9 Å². The second-order valence-corrected chi connectivity index (χ2v) is 10.9. The Morgan fingerprint density at radius 2 is 1.82 bits per heavy atom. The monoisotopic (exact) mass is 513 g/mol. The smallest absolute Gasteiger partial charge is 0.306 e. The van der Waals surface area contributed by atoms with E-state index >= 15 is 0 Å². The van der Waals surface area contributed by atoms with Crippen molar-refractivity contribution in [2.45, 2.75) is 62.8 Å². The molecule has 1 saturated heterocycles. The van der Waals surface area contributed by atoms with Gasteiger partial charge in [0.2, 0.25) is 5.91 Å². The fourth-order valence-electron chi connectivity index (χ4n) is 6.63. The van der Waals surface area contributed by atoms with Gasteiger partial charge >= 0.3 is 5.97 Å². The van der Waals surface area contributed by atoms with Gasteiger partial charge in [-0.1, -0.05) is 34.1 Å². The second kappa shape index (κ2) is 8.86. The van der Waals surface area contributed by atoms with E-state index in [1.165, 1.54) is 17.2 Å². The molecule has 2 fully saturated rings. The summed E-state index contributed by atoms with van der Waals surface area (Å²) in [7, 11) is 0. The van der Waals surface area contributed by atoms with Crippen molar-refractivity contribution < 1.29 is 19.1 Å². The molecule has 6 heteroatoms. The molecule has 2 aliphatic carbocycles. The fraction of sp³-hybridized carbons (Fsp3) is 0.481. The Labute approximate surface area is 202 Å². The molecule has 0 radical (unpaired) electrons. The summed E-state index contributed by atoms with van der Waals surface area (Å²) in [5.41, 5.74) is 3.34. The highest BCUT2D eigenvalue weighted by atomic mass is 79.9. The highest BCUT2D eigenvalue weighted by Gasteiger charge is 2.53. The predicted octanol–water partition coefficient (Wildman–Crippen LogP) is 5.51. The number of hydrogen-bond donors (Lipinski definition) is 1. The van der Waals surface area contributed by atoms with Gasteiger partial charge in [-0.3, -0.25) is 9.59 Å². The lowest BCUT2D eigenvalue weighted by Gasteiger charge is -2.44. The summed E-state index contributed by atoms with van der Waals surface area (Å²) < 4.78 is 15.1. The van der Waals surface area contributed by atoms with Crippen LogP contribution < -0.4 is 0 Å². The zero-order valence-corrected chi connectivity index (χ0v) is 20.2. The molecule has 2 unspecified atom stereocenters. The molecule has 3 aliphatic rings. The average Bonchev–Trinajstić information content (AvgIpc) is 3.17. The van der Waals surface area contributed by atoms with Gasteiger partial charge in [-0.25, -0.2) is 4.39 Å². The first kappa shape index (κ1) is 22.6. The molecule has 1 heterocycles. The van der Waals surface area contributed by atoms with Gasteiger partial charge in [0, 0.05) is 28.4 Å². The minimum absolute atomic E-state index is 0.0825. The summed E-state index contributed by atoms with van der Waals surface area (Å²) in [6, 6.07) is 13.4. The number of likely N-dealkylation sites (tertiary alicyclic amines) is 1. The van der Waals surface area contributed by atoms with Crippen LogP contribution in [0.3, 0.4) is 0 Å². The van der Waals surface area contributed by atoms with E-state index in [9.17, 15) is 19.1 Å². The van der Waals surface area contributed by atoms with Crippen molar-refractivity contribution in [2.75, 3.05) is 6.54 Å². The number of aryl methyl sites for hydroxylation is 1. The summed E-state index contributed by atoms with van der Waals surface area (Å²) in [5.74, 6) is -1.19. The Morgan fingerprint density at radius 1 is 1.06 bits per heavy atom. The number of rotatable bonds is 4. The summed E-state index contributed by atoms with van der Waals surface area (Å²) in [6.45, 7) is 0.702. The van der Waals surface area contributed by atoms with Gasteiger partial charge in [-0.2, -0.15) is 0 Å². The lowest BCUT2D eigenvalue weighted by Crippen LogP contribution is -2.50. The van der Waals surface area contributed by atoms with Gasteiger partial charge < -0.3 is 10.0 Å². The molecule has 0 spiro atoms. The predicted molar refractivity (Wildman–Crippen MR) is 127 cm³/mol. The topological polar surface area (TPSA) is 57.6 Å². The molecule has 0 bridgehead atoms. The molecule has 2 aromatic carbocycles. The molecule has 1 N–H and O–H groups in total. The molecule has 33 heavy (non-hydrogen) atoms. The molecule has 1 aliphatic heterocycles. The van der Waals surface area contributed by atoms with Crippen LogP contribution in [-0.4, -0.2) is 34.5 Å². The minimum atomic E-state index is -0.744. The molecule has 5 rings (SSSR count). The first-order valence-corrected chi connectivity index (χ1v) is 12.7. The van der Waals surface area contributed by atoms with Crippen molar-refractivity contribution >= 4 is 27.8 Å². The molecule has 174 valence electrons. The number of carboxylic acids is 1. The number of carbonyl (C=O) groups is 2. The highest BCUT2D eigenvalue weighted by molar-refractivity contribution is 9.10. The first-order valence-electron chi connectivity index (χ1n) is 11.9. The van der Waals surface area contributed by atoms with Crippen LogP contribution in [0.5, 0.6) is 0 Å². The average molecular weight is 514 g/mol. The number of carboxylic acid groups (broad SMARTS) is 1. The normalized spacial score (nSPS) is 28.8. The Bertz CT molecular complexity index is 1080. The maximum absolute atomic E-state index is 14.0. The van der Waals surface area contributed by atoms with Crippen LogP contribution in [0, 0.1) is 17.7 Å². The van der Waals surface area contributed by atoms with Gasteiger partial charge in [-0.05, 0) is 92.3 Å². The Balaban J connectivity index is 1.46. The first-order chi connectivity index (χ1) is 15.9. The SMILES string of the molecule is O=C(O)C1CCC(C(=O)N2CCC3(Cc4cccc(F)c4)c4ccc(Br)cc4CCC23)CC1. The third-order valence-electron chi connectivity index (χ3n) is 8.22. The van der Waals surface area contributed by atoms with Crippen LogP contribution in [0.1, 0.15) is 55.2 Å². The summed E-state index contributed by atoms with van der Waals surface area (Å²) in [4.78, 5) is 27.1. The number of halogens is 2. The van der Waals surface area contributed by atoms with Crippen molar-refractivity contribution in [2.24, 2.45) is 11.8 Å². The van der Waals surface area contributed by atoms with Gasteiger partial charge in [0.15, 0.2) is 0 Å². The standard InChI is InChI=1S/C27H29BrFNO3/c28-21-9-10-23-20(15-21)8-11-24-27(23,16-17-2-1-3-22(29)14-17)12-13-30(24)25(31)18-4-6-19(7-5-18)26(32)33/h1-3,9-10,14-15,18-19,24H,4-8,11-13,16H2,(H,32,33). The summed E-state index contributed by atoms with van der Waals surface area (Å²) in [6.07, 6.45) is 5.84. The van der Waals surface area contributed by atoms with E-state index in [2.05, 4.69) is 39.0 Å². The Hall–Kier alpha value is -2.21. The molecule has 2 atom stereocenters. The van der Waals surface area contributed by atoms with E-state index in [0.717, 1.165) is 29.3 Å². The maximum atomic E-state index is 14.0. The van der Waals surface area contributed by atoms with Crippen molar-refractivity contribution in [1.82, 2.24) is 4.90 Å². The van der Waals surface area contributed by atoms with Crippen molar-refractivity contribution in [3.05, 3.63) is 69.4 Å².